The minimum absolute atomic E-state index is 0.305. The number of amides is 2. The van der Waals surface area contributed by atoms with Crippen LogP contribution in [0.25, 0.3) is 0 Å². The van der Waals surface area contributed by atoms with Gasteiger partial charge in [-0.05, 0) is 32.3 Å². The summed E-state index contributed by atoms with van der Waals surface area (Å²) in [6.45, 7) is 3.90. The molecular formula is C18H24N2O5. The third kappa shape index (κ3) is 4.71. The van der Waals surface area contributed by atoms with Crippen LogP contribution in [0.15, 0.2) is 30.3 Å². The molecule has 25 heavy (non-hydrogen) atoms. The number of ether oxygens (including phenoxy) is 2. The van der Waals surface area contributed by atoms with Gasteiger partial charge < -0.3 is 19.7 Å². The number of likely N-dealkylation sites (tertiary alicyclic amines) is 1. The predicted octanol–water partition coefficient (Wildman–Crippen LogP) is 2.03. The number of carbonyl (C=O) groups is 3. The van der Waals surface area contributed by atoms with Gasteiger partial charge in [0.2, 0.25) is 0 Å². The molecule has 1 aliphatic rings. The van der Waals surface area contributed by atoms with E-state index in [0.29, 0.717) is 24.9 Å². The molecule has 1 saturated heterocycles. The highest BCUT2D eigenvalue weighted by Gasteiger charge is 2.39. The Balaban J connectivity index is 2.23. The van der Waals surface area contributed by atoms with Crippen LogP contribution in [0.3, 0.4) is 0 Å². The summed E-state index contributed by atoms with van der Waals surface area (Å²) in [4.78, 5) is 38.5. The first-order valence-electron chi connectivity index (χ1n) is 8.34. The number of esters is 1. The van der Waals surface area contributed by atoms with Crippen LogP contribution >= 0.6 is 0 Å². The highest BCUT2D eigenvalue weighted by Crippen LogP contribution is 2.24. The van der Waals surface area contributed by atoms with Crippen molar-refractivity contribution in [2.24, 2.45) is 0 Å². The normalized spacial score (nSPS) is 17.9. The van der Waals surface area contributed by atoms with Gasteiger partial charge >= 0.3 is 12.1 Å². The van der Waals surface area contributed by atoms with E-state index in [2.05, 4.69) is 5.32 Å². The fraction of sp³-hybridized carbons (Fsp3) is 0.500. The van der Waals surface area contributed by atoms with Crippen LogP contribution in [0.2, 0.25) is 0 Å². The minimum atomic E-state index is -0.919. The molecule has 1 aromatic carbocycles. The summed E-state index contributed by atoms with van der Waals surface area (Å²) < 4.78 is 9.89. The SMILES string of the molecule is COC(=O)C1CCCN1C(=O)[C@H](NC(=O)OC(C)C)c1ccccc1. The van der Waals surface area contributed by atoms with Gasteiger partial charge in [-0.3, -0.25) is 4.79 Å². The van der Waals surface area contributed by atoms with Crippen LogP contribution in [0.4, 0.5) is 4.79 Å². The number of benzene rings is 1. The number of nitrogens with zero attached hydrogens (tertiary/aromatic N) is 1. The van der Waals surface area contributed by atoms with Crippen molar-refractivity contribution < 1.29 is 23.9 Å². The highest BCUT2D eigenvalue weighted by molar-refractivity contribution is 5.91. The standard InChI is InChI=1S/C18H24N2O5/c1-12(2)25-18(23)19-15(13-8-5-4-6-9-13)16(21)20-11-7-10-14(20)17(22)24-3/h4-6,8-9,12,14-15H,7,10-11H2,1-3H3,(H,19,23)/t14?,15-/m1/s1. The van der Waals surface area contributed by atoms with E-state index in [1.54, 1.807) is 38.1 Å². The Bertz CT molecular complexity index is 617. The molecule has 1 fully saturated rings. The van der Waals surface area contributed by atoms with Gasteiger partial charge in [0.05, 0.1) is 13.2 Å². The largest absolute Gasteiger partial charge is 0.467 e. The van der Waals surface area contributed by atoms with E-state index in [1.165, 1.54) is 12.0 Å². The molecule has 136 valence electrons. The van der Waals surface area contributed by atoms with Crippen molar-refractivity contribution in [3.05, 3.63) is 35.9 Å². The lowest BCUT2D eigenvalue weighted by molar-refractivity contribution is -0.151. The van der Waals surface area contributed by atoms with E-state index in [1.807, 2.05) is 6.07 Å². The molecule has 7 nitrogen and oxygen atoms in total. The van der Waals surface area contributed by atoms with E-state index in [4.69, 9.17) is 9.47 Å². The maximum Gasteiger partial charge on any atom is 0.408 e. The Labute approximate surface area is 147 Å². The van der Waals surface area contributed by atoms with Crippen molar-refractivity contribution in [3.63, 3.8) is 0 Å². The maximum absolute atomic E-state index is 13.0. The van der Waals surface area contributed by atoms with Crippen molar-refractivity contribution >= 4 is 18.0 Å². The van der Waals surface area contributed by atoms with Crippen LogP contribution in [-0.2, 0) is 19.1 Å². The summed E-state index contributed by atoms with van der Waals surface area (Å²) >= 11 is 0. The van der Waals surface area contributed by atoms with Crippen LogP contribution in [0.1, 0.15) is 38.3 Å². The average Bonchev–Trinajstić information content (AvgIpc) is 3.08. The van der Waals surface area contributed by atoms with Crippen LogP contribution in [-0.4, -0.2) is 48.7 Å². The molecule has 0 saturated carbocycles. The second-order valence-corrected chi connectivity index (χ2v) is 6.15. The molecule has 0 bridgehead atoms. The fourth-order valence-electron chi connectivity index (χ4n) is 2.88. The summed E-state index contributed by atoms with van der Waals surface area (Å²) in [5, 5.41) is 2.61. The van der Waals surface area contributed by atoms with Crippen molar-refractivity contribution in [2.45, 2.75) is 44.9 Å². The van der Waals surface area contributed by atoms with E-state index in [9.17, 15) is 14.4 Å². The zero-order chi connectivity index (χ0) is 18.4. The van der Waals surface area contributed by atoms with Gasteiger partial charge in [0, 0.05) is 6.54 Å². The molecule has 1 N–H and O–H groups in total. The number of alkyl carbamates (subject to hydrolysis) is 1. The number of rotatable bonds is 5. The second kappa shape index (κ2) is 8.50. The average molecular weight is 348 g/mol. The predicted molar refractivity (Wildman–Crippen MR) is 90.7 cm³/mol. The Kier molecular flexibility index (Phi) is 6.38. The molecule has 2 rings (SSSR count). The molecule has 0 spiro atoms. The molecule has 0 radical (unpaired) electrons. The number of hydrogen-bond donors (Lipinski definition) is 1. The lowest BCUT2D eigenvalue weighted by atomic mass is 10.1. The number of nitrogens with one attached hydrogen (secondary N) is 1. The van der Waals surface area contributed by atoms with Crippen molar-refractivity contribution in [3.8, 4) is 0 Å². The topological polar surface area (TPSA) is 84.9 Å². The third-order valence-corrected chi connectivity index (χ3v) is 3.99. The van der Waals surface area contributed by atoms with Gasteiger partial charge in [-0.15, -0.1) is 0 Å². The van der Waals surface area contributed by atoms with Crippen molar-refractivity contribution in [2.75, 3.05) is 13.7 Å². The smallest absolute Gasteiger partial charge is 0.408 e. The van der Waals surface area contributed by atoms with E-state index in [0.717, 1.165) is 0 Å². The molecule has 1 aliphatic heterocycles. The number of hydrogen-bond acceptors (Lipinski definition) is 5. The van der Waals surface area contributed by atoms with Gasteiger partial charge in [0.25, 0.3) is 5.91 Å². The van der Waals surface area contributed by atoms with E-state index in [-0.39, 0.29) is 12.0 Å². The molecule has 0 aliphatic carbocycles. The Morgan fingerprint density at radius 2 is 1.88 bits per heavy atom. The van der Waals surface area contributed by atoms with E-state index >= 15 is 0 Å². The van der Waals surface area contributed by atoms with Crippen LogP contribution in [0, 0.1) is 0 Å². The zero-order valence-electron chi connectivity index (χ0n) is 14.7. The van der Waals surface area contributed by atoms with Crippen molar-refractivity contribution in [1.29, 1.82) is 0 Å². The summed E-state index contributed by atoms with van der Waals surface area (Å²) in [5.74, 6) is -0.790. The molecule has 1 unspecified atom stereocenters. The molecule has 1 aromatic rings. The van der Waals surface area contributed by atoms with Gasteiger partial charge in [0.1, 0.15) is 12.1 Å². The summed E-state index contributed by atoms with van der Waals surface area (Å²) in [7, 11) is 1.30. The first-order chi connectivity index (χ1) is 11.9. The summed E-state index contributed by atoms with van der Waals surface area (Å²) in [6.07, 6.45) is 0.284. The lowest BCUT2D eigenvalue weighted by Crippen LogP contribution is -2.47. The van der Waals surface area contributed by atoms with Gasteiger partial charge in [0.15, 0.2) is 0 Å². The Morgan fingerprint density at radius 1 is 1.20 bits per heavy atom. The molecule has 1 heterocycles. The Hall–Kier alpha value is -2.57. The second-order valence-electron chi connectivity index (χ2n) is 6.15. The fourth-order valence-corrected chi connectivity index (χ4v) is 2.88. The highest BCUT2D eigenvalue weighted by atomic mass is 16.6. The molecular weight excluding hydrogens is 324 g/mol. The number of carbonyl (C=O) groups excluding carboxylic acids is 3. The zero-order valence-corrected chi connectivity index (χ0v) is 14.7. The maximum atomic E-state index is 13.0. The van der Waals surface area contributed by atoms with Gasteiger partial charge in [-0.1, -0.05) is 30.3 Å². The van der Waals surface area contributed by atoms with Crippen LogP contribution in [0.5, 0.6) is 0 Å². The molecule has 2 amide bonds. The number of methoxy groups -OCH3 is 1. The molecule has 7 heteroatoms. The van der Waals surface area contributed by atoms with Crippen LogP contribution < -0.4 is 5.32 Å². The first-order valence-corrected chi connectivity index (χ1v) is 8.34. The third-order valence-electron chi connectivity index (χ3n) is 3.99. The van der Waals surface area contributed by atoms with Crippen molar-refractivity contribution in [1.82, 2.24) is 10.2 Å². The summed E-state index contributed by atoms with van der Waals surface area (Å²) in [5.41, 5.74) is 0.628. The first kappa shape index (κ1) is 18.8. The molecule has 0 aromatic heterocycles. The Morgan fingerprint density at radius 3 is 2.48 bits per heavy atom. The summed E-state index contributed by atoms with van der Waals surface area (Å²) in [6, 6.07) is 7.36. The lowest BCUT2D eigenvalue weighted by Gasteiger charge is -2.28. The van der Waals surface area contributed by atoms with Gasteiger partial charge in [-0.25, -0.2) is 9.59 Å². The monoisotopic (exact) mass is 348 g/mol. The van der Waals surface area contributed by atoms with Gasteiger partial charge in [-0.2, -0.15) is 0 Å². The molecule has 2 atom stereocenters. The van der Waals surface area contributed by atoms with E-state index < -0.39 is 24.1 Å². The quantitative estimate of drug-likeness (QED) is 0.823. The minimum Gasteiger partial charge on any atom is -0.467 e.